The van der Waals surface area contributed by atoms with Crippen molar-refractivity contribution in [3.63, 3.8) is 0 Å². The average molecular weight is 220 g/mol. The lowest BCUT2D eigenvalue weighted by atomic mass is 10.1. The third kappa shape index (κ3) is 3.77. The number of rotatable bonds is 5. The van der Waals surface area contributed by atoms with Crippen LogP contribution in [0.15, 0.2) is 24.3 Å². The molecule has 0 radical (unpaired) electrons. The molecule has 0 amide bonds. The lowest BCUT2D eigenvalue weighted by Crippen LogP contribution is -1.91. The molecule has 86 valence electrons. The van der Waals surface area contributed by atoms with Gasteiger partial charge in [0.2, 0.25) is 0 Å². The van der Waals surface area contributed by atoms with Crippen molar-refractivity contribution < 1.29 is 14.6 Å². The predicted molar refractivity (Wildman–Crippen MR) is 63.6 cm³/mol. The van der Waals surface area contributed by atoms with E-state index in [1.54, 1.807) is 7.11 Å². The fourth-order valence-corrected chi connectivity index (χ4v) is 1.34. The van der Waals surface area contributed by atoms with Crippen LogP contribution in [0.4, 0.5) is 0 Å². The minimum atomic E-state index is -0.771. The van der Waals surface area contributed by atoms with Gasteiger partial charge in [-0.25, -0.2) is 0 Å². The molecule has 3 nitrogen and oxygen atoms in total. The quantitative estimate of drug-likeness (QED) is 0.829. The van der Waals surface area contributed by atoms with Gasteiger partial charge in [0.1, 0.15) is 5.75 Å². The van der Waals surface area contributed by atoms with Gasteiger partial charge in [0, 0.05) is 6.42 Å². The molecule has 0 bridgehead atoms. The summed E-state index contributed by atoms with van der Waals surface area (Å²) in [7, 11) is 1.63. The number of ether oxygens (including phenoxy) is 1. The van der Waals surface area contributed by atoms with Gasteiger partial charge in [0.25, 0.3) is 0 Å². The molecule has 0 saturated carbocycles. The summed E-state index contributed by atoms with van der Waals surface area (Å²) < 4.78 is 5.13. The van der Waals surface area contributed by atoms with Crippen LogP contribution in [-0.2, 0) is 4.79 Å². The zero-order valence-electron chi connectivity index (χ0n) is 9.56. The molecule has 0 fully saturated rings. The maximum Gasteiger partial charge on any atom is 0.303 e. The second kappa shape index (κ2) is 5.95. The number of carboxylic acids is 1. The summed E-state index contributed by atoms with van der Waals surface area (Å²) >= 11 is 0. The monoisotopic (exact) mass is 220 g/mol. The zero-order valence-corrected chi connectivity index (χ0v) is 9.56. The highest BCUT2D eigenvalue weighted by Gasteiger charge is 1.97. The molecule has 0 aliphatic carbocycles. The van der Waals surface area contributed by atoms with E-state index in [0.717, 1.165) is 16.9 Å². The van der Waals surface area contributed by atoms with Gasteiger partial charge in [-0.1, -0.05) is 18.2 Å². The van der Waals surface area contributed by atoms with Crippen molar-refractivity contribution in [1.82, 2.24) is 0 Å². The van der Waals surface area contributed by atoms with Crippen LogP contribution < -0.4 is 4.74 Å². The number of aliphatic carboxylic acids is 1. The van der Waals surface area contributed by atoms with Crippen molar-refractivity contribution in [2.45, 2.75) is 19.8 Å². The predicted octanol–water partition coefficient (Wildman–Crippen LogP) is 2.88. The van der Waals surface area contributed by atoms with Crippen LogP contribution in [0.3, 0.4) is 0 Å². The van der Waals surface area contributed by atoms with Gasteiger partial charge in [-0.15, -0.1) is 0 Å². The second-order valence-corrected chi connectivity index (χ2v) is 3.56. The Bertz CT molecular complexity index is 394. The minimum Gasteiger partial charge on any atom is -0.497 e. The van der Waals surface area contributed by atoms with Crippen molar-refractivity contribution in [3.8, 4) is 5.75 Å². The summed E-state index contributed by atoms with van der Waals surface area (Å²) in [6.07, 6.45) is 4.52. The van der Waals surface area contributed by atoms with Crippen molar-refractivity contribution in [2.24, 2.45) is 0 Å². The van der Waals surface area contributed by atoms with Crippen LogP contribution >= 0.6 is 0 Å². The number of benzene rings is 1. The smallest absolute Gasteiger partial charge is 0.303 e. The minimum absolute atomic E-state index is 0.166. The van der Waals surface area contributed by atoms with E-state index in [1.807, 2.05) is 37.3 Å². The summed E-state index contributed by atoms with van der Waals surface area (Å²) in [4.78, 5) is 10.3. The fraction of sp³-hybridized carbons (Fsp3) is 0.308. The van der Waals surface area contributed by atoms with Gasteiger partial charge in [-0.05, 0) is 36.6 Å². The molecule has 1 aromatic rings. The first kappa shape index (κ1) is 12.3. The van der Waals surface area contributed by atoms with E-state index in [1.165, 1.54) is 0 Å². The Kier molecular flexibility index (Phi) is 4.58. The Morgan fingerprint density at radius 3 is 2.88 bits per heavy atom. The summed E-state index contributed by atoms with van der Waals surface area (Å²) in [6.45, 7) is 2.01. The SMILES string of the molecule is COc1ccc(C)c(C=CCCC(=O)O)c1. The Labute approximate surface area is 95.4 Å². The first-order valence-electron chi connectivity index (χ1n) is 5.16. The molecule has 1 rings (SSSR count). The highest BCUT2D eigenvalue weighted by molar-refractivity contribution is 5.67. The Balaban J connectivity index is 2.68. The van der Waals surface area contributed by atoms with Crippen LogP contribution in [0.2, 0.25) is 0 Å². The van der Waals surface area contributed by atoms with Gasteiger partial charge >= 0.3 is 5.97 Å². The Hall–Kier alpha value is -1.77. The summed E-state index contributed by atoms with van der Waals surface area (Å²) in [5, 5.41) is 8.49. The normalized spacial score (nSPS) is 10.6. The molecule has 0 aliphatic rings. The van der Waals surface area contributed by atoms with E-state index in [4.69, 9.17) is 9.84 Å². The number of carboxylic acid groups (broad SMARTS) is 1. The van der Waals surface area contributed by atoms with Crippen molar-refractivity contribution in [3.05, 3.63) is 35.4 Å². The topological polar surface area (TPSA) is 46.5 Å². The van der Waals surface area contributed by atoms with Crippen molar-refractivity contribution in [2.75, 3.05) is 7.11 Å². The molecule has 3 heteroatoms. The highest BCUT2D eigenvalue weighted by Crippen LogP contribution is 2.18. The molecular formula is C13H16O3. The van der Waals surface area contributed by atoms with E-state index >= 15 is 0 Å². The maximum atomic E-state index is 10.3. The largest absolute Gasteiger partial charge is 0.497 e. The molecule has 0 unspecified atom stereocenters. The highest BCUT2D eigenvalue weighted by atomic mass is 16.5. The van der Waals surface area contributed by atoms with Gasteiger partial charge in [0.05, 0.1) is 7.11 Å². The number of methoxy groups -OCH3 is 1. The lowest BCUT2D eigenvalue weighted by molar-refractivity contribution is -0.136. The number of hydrogen-bond acceptors (Lipinski definition) is 2. The third-order valence-electron chi connectivity index (χ3n) is 2.31. The first-order chi connectivity index (χ1) is 7.63. The Morgan fingerprint density at radius 2 is 2.25 bits per heavy atom. The van der Waals surface area contributed by atoms with E-state index in [2.05, 4.69) is 0 Å². The van der Waals surface area contributed by atoms with Gasteiger partial charge < -0.3 is 9.84 Å². The first-order valence-corrected chi connectivity index (χ1v) is 5.16. The zero-order chi connectivity index (χ0) is 12.0. The summed E-state index contributed by atoms with van der Waals surface area (Å²) in [5.41, 5.74) is 2.21. The molecule has 0 atom stereocenters. The molecule has 0 heterocycles. The molecule has 1 N–H and O–H groups in total. The Morgan fingerprint density at radius 1 is 1.50 bits per heavy atom. The maximum absolute atomic E-state index is 10.3. The molecule has 0 saturated heterocycles. The number of hydrogen-bond donors (Lipinski definition) is 1. The van der Waals surface area contributed by atoms with Crippen LogP contribution in [0, 0.1) is 6.92 Å². The molecule has 1 aromatic carbocycles. The van der Waals surface area contributed by atoms with Crippen LogP contribution in [0.5, 0.6) is 5.75 Å². The molecule has 16 heavy (non-hydrogen) atoms. The van der Waals surface area contributed by atoms with Crippen LogP contribution in [-0.4, -0.2) is 18.2 Å². The molecule has 0 aromatic heterocycles. The fourth-order valence-electron chi connectivity index (χ4n) is 1.34. The van der Waals surface area contributed by atoms with Gasteiger partial charge in [-0.2, -0.15) is 0 Å². The van der Waals surface area contributed by atoms with E-state index in [9.17, 15) is 4.79 Å². The van der Waals surface area contributed by atoms with Gasteiger partial charge in [0.15, 0.2) is 0 Å². The molecular weight excluding hydrogens is 204 g/mol. The lowest BCUT2D eigenvalue weighted by Gasteiger charge is -2.04. The standard InChI is InChI=1S/C13H16O3/c1-10-7-8-12(16-2)9-11(10)5-3-4-6-13(14)15/h3,5,7-9H,4,6H2,1-2H3,(H,14,15). The number of allylic oxidation sites excluding steroid dienone is 1. The second-order valence-electron chi connectivity index (χ2n) is 3.56. The molecule has 0 aliphatic heterocycles. The van der Waals surface area contributed by atoms with E-state index in [0.29, 0.717) is 6.42 Å². The third-order valence-corrected chi connectivity index (χ3v) is 2.31. The van der Waals surface area contributed by atoms with Gasteiger partial charge in [-0.3, -0.25) is 4.79 Å². The van der Waals surface area contributed by atoms with Crippen LogP contribution in [0.25, 0.3) is 6.08 Å². The molecule has 0 spiro atoms. The van der Waals surface area contributed by atoms with E-state index < -0.39 is 5.97 Å². The summed E-state index contributed by atoms with van der Waals surface area (Å²) in [6, 6.07) is 5.83. The van der Waals surface area contributed by atoms with Crippen molar-refractivity contribution in [1.29, 1.82) is 0 Å². The van der Waals surface area contributed by atoms with Crippen LogP contribution in [0.1, 0.15) is 24.0 Å². The van der Waals surface area contributed by atoms with Crippen molar-refractivity contribution >= 4 is 12.0 Å². The number of aryl methyl sites for hydroxylation is 1. The number of carbonyl (C=O) groups is 1. The summed E-state index contributed by atoms with van der Waals surface area (Å²) in [5.74, 6) is 0.0375. The average Bonchev–Trinajstić information content (AvgIpc) is 2.26. The van der Waals surface area contributed by atoms with E-state index in [-0.39, 0.29) is 6.42 Å².